The molecular weight excluding hydrogens is 546 g/mol. The van der Waals surface area contributed by atoms with E-state index in [-0.39, 0.29) is 19.3 Å². The molecule has 0 saturated heterocycles. The first kappa shape index (κ1) is 30.6. The number of hydrogen-bond donors (Lipinski definition) is 6. The minimum absolute atomic E-state index is 0.0734. The van der Waals surface area contributed by atoms with E-state index in [0.717, 1.165) is 46.0 Å². The molecule has 3 aromatic heterocycles. The lowest BCUT2D eigenvalue weighted by Crippen LogP contribution is -1.98. The van der Waals surface area contributed by atoms with E-state index >= 15 is 0 Å². The smallest absolute Gasteiger partial charge is 0.307 e. The molecule has 9 nitrogen and oxygen atoms in total. The molecule has 0 aliphatic carbocycles. The number of aromatic amines is 3. The molecule has 3 aromatic carbocycles. The maximum atomic E-state index is 10.5. The number of nitrogens with one attached hydrogen (secondary N) is 3. The Hall–Kier alpha value is -5.31. The van der Waals surface area contributed by atoms with Crippen LogP contribution in [0.4, 0.5) is 0 Å². The Morgan fingerprint density at radius 1 is 0.581 bits per heavy atom. The van der Waals surface area contributed by atoms with Gasteiger partial charge in [-0.3, -0.25) is 14.4 Å². The van der Waals surface area contributed by atoms with E-state index in [2.05, 4.69) is 27.1 Å². The fourth-order valence-electron chi connectivity index (χ4n) is 4.91. The second-order valence-corrected chi connectivity index (χ2v) is 10.2. The van der Waals surface area contributed by atoms with Crippen molar-refractivity contribution < 1.29 is 29.7 Å². The van der Waals surface area contributed by atoms with E-state index in [1.54, 1.807) is 6.20 Å². The number of aromatic nitrogens is 3. The van der Waals surface area contributed by atoms with Gasteiger partial charge >= 0.3 is 17.9 Å². The largest absolute Gasteiger partial charge is 0.481 e. The van der Waals surface area contributed by atoms with Crippen molar-refractivity contribution in [1.29, 1.82) is 0 Å². The quantitative estimate of drug-likeness (QED) is 0.103. The summed E-state index contributed by atoms with van der Waals surface area (Å²) in [7, 11) is 0. The van der Waals surface area contributed by atoms with Crippen molar-refractivity contribution >= 4 is 50.6 Å². The lowest BCUT2D eigenvalue weighted by molar-refractivity contribution is -0.138. The molecule has 0 radical (unpaired) electrons. The molecule has 9 heteroatoms. The summed E-state index contributed by atoms with van der Waals surface area (Å²) in [5, 5.41) is 29.1. The average Bonchev–Trinajstić information content (AvgIpc) is 3.70. The predicted molar refractivity (Wildman–Crippen MR) is 167 cm³/mol. The number of fused-ring (bicyclic) bond motifs is 3. The second-order valence-electron chi connectivity index (χ2n) is 10.2. The number of para-hydroxylation sites is 3. The van der Waals surface area contributed by atoms with Crippen molar-refractivity contribution in [2.24, 2.45) is 0 Å². The van der Waals surface area contributed by atoms with E-state index in [0.29, 0.717) is 12.8 Å². The average molecular weight is 582 g/mol. The van der Waals surface area contributed by atoms with Gasteiger partial charge in [-0.25, -0.2) is 0 Å². The van der Waals surface area contributed by atoms with Gasteiger partial charge in [-0.15, -0.1) is 0 Å². The Balaban J connectivity index is 0.000000148. The molecule has 0 spiro atoms. The minimum Gasteiger partial charge on any atom is -0.481 e. The second kappa shape index (κ2) is 15.1. The zero-order chi connectivity index (χ0) is 30.6. The zero-order valence-corrected chi connectivity index (χ0v) is 23.7. The SMILES string of the molecule is O=C(O)CCCc1c[nH]c2ccccc12.O=C(O)CCCc1cc2ccccc2[nH]1.O=C(O)Cc1c[nH]c2ccccc12. The summed E-state index contributed by atoms with van der Waals surface area (Å²) in [6.07, 6.45) is 7.24. The number of hydrogen-bond acceptors (Lipinski definition) is 3. The molecule has 0 bridgehead atoms. The third kappa shape index (κ3) is 9.09. The summed E-state index contributed by atoms with van der Waals surface area (Å²) in [4.78, 5) is 40.7. The number of carboxylic acids is 3. The molecular formula is C34H35N3O6. The van der Waals surface area contributed by atoms with Gasteiger partial charge in [0.15, 0.2) is 0 Å². The van der Waals surface area contributed by atoms with Crippen LogP contribution in [0.5, 0.6) is 0 Å². The summed E-state index contributed by atoms with van der Waals surface area (Å²) in [5.74, 6) is -2.26. The third-order valence-electron chi connectivity index (χ3n) is 6.95. The molecule has 43 heavy (non-hydrogen) atoms. The van der Waals surface area contributed by atoms with Gasteiger partial charge in [0.25, 0.3) is 0 Å². The topological polar surface area (TPSA) is 159 Å². The highest BCUT2D eigenvalue weighted by Crippen LogP contribution is 2.20. The number of carboxylic acid groups (broad SMARTS) is 3. The fraction of sp³-hybridized carbons (Fsp3) is 0.206. The lowest BCUT2D eigenvalue weighted by atomic mass is 10.1. The molecule has 0 amide bonds. The molecule has 222 valence electrons. The molecule has 0 saturated carbocycles. The van der Waals surface area contributed by atoms with Crippen molar-refractivity contribution in [2.45, 2.75) is 44.9 Å². The Bertz CT molecular complexity index is 1770. The van der Waals surface area contributed by atoms with Crippen LogP contribution in [0.15, 0.2) is 91.3 Å². The van der Waals surface area contributed by atoms with Crippen LogP contribution in [0.2, 0.25) is 0 Å². The van der Waals surface area contributed by atoms with Crippen molar-refractivity contribution in [2.75, 3.05) is 0 Å². The highest BCUT2D eigenvalue weighted by Gasteiger charge is 2.06. The van der Waals surface area contributed by atoms with Crippen LogP contribution in [0.3, 0.4) is 0 Å². The fourth-order valence-corrected chi connectivity index (χ4v) is 4.91. The summed E-state index contributed by atoms with van der Waals surface area (Å²) in [6.45, 7) is 0. The van der Waals surface area contributed by atoms with E-state index in [1.165, 1.54) is 16.3 Å². The van der Waals surface area contributed by atoms with Gasteiger partial charge in [0.2, 0.25) is 0 Å². The van der Waals surface area contributed by atoms with E-state index in [1.807, 2.05) is 72.9 Å². The Morgan fingerprint density at radius 2 is 1.09 bits per heavy atom. The van der Waals surface area contributed by atoms with Gasteiger partial charge in [0.1, 0.15) is 0 Å². The molecule has 0 atom stereocenters. The van der Waals surface area contributed by atoms with Gasteiger partial charge in [-0.05, 0) is 66.5 Å². The Labute approximate surface area is 248 Å². The molecule has 6 rings (SSSR count). The maximum absolute atomic E-state index is 10.5. The van der Waals surface area contributed by atoms with Crippen LogP contribution in [0, 0.1) is 0 Å². The molecule has 3 heterocycles. The molecule has 0 fully saturated rings. The number of rotatable bonds is 10. The van der Waals surface area contributed by atoms with Gasteiger partial charge < -0.3 is 30.3 Å². The van der Waals surface area contributed by atoms with E-state index in [9.17, 15) is 14.4 Å². The van der Waals surface area contributed by atoms with Crippen molar-refractivity contribution in [3.63, 3.8) is 0 Å². The molecule has 6 N–H and O–H groups in total. The summed E-state index contributed by atoms with van der Waals surface area (Å²) in [6, 6.07) is 25.9. The summed E-state index contributed by atoms with van der Waals surface area (Å²) < 4.78 is 0. The van der Waals surface area contributed by atoms with Gasteiger partial charge in [-0.1, -0.05) is 54.6 Å². The predicted octanol–water partition coefficient (Wildman–Crippen LogP) is 6.95. The van der Waals surface area contributed by atoms with Crippen molar-refractivity contribution in [3.8, 4) is 0 Å². The van der Waals surface area contributed by atoms with Crippen molar-refractivity contribution in [3.05, 3.63) is 108 Å². The Morgan fingerprint density at radius 3 is 1.67 bits per heavy atom. The van der Waals surface area contributed by atoms with E-state index < -0.39 is 17.9 Å². The monoisotopic (exact) mass is 581 g/mol. The van der Waals surface area contributed by atoms with Crippen LogP contribution in [0.1, 0.15) is 42.5 Å². The molecule has 0 unspecified atom stereocenters. The van der Waals surface area contributed by atoms with Gasteiger partial charge in [-0.2, -0.15) is 0 Å². The van der Waals surface area contributed by atoms with Crippen LogP contribution in [-0.4, -0.2) is 48.2 Å². The number of H-pyrrole nitrogens is 3. The lowest BCUT2D eigenvalue weighted by Gasteiger charge is -1.96. The highest BCUT2D eigenvalue weighted by molar-refractivity contribution is 5.87. The molecule has 0 aliphatic rings. The highest BCUT2D eigenvalue weighted by atomic mass is 16.4. The first-order valence-corrected chi connectivity index (χ1v) is 14.1. The van der Waals surface area contributed by atoms with Crippen LogP contribution in [-0.2, 0) is 33.6 Å². The summed E-state index contributed by atoms with van der Waals surface area (Å²) in [5.41, 5.74) is 6.36. The van der Waals surface area contributed by atoms with Crippen molar-refractivity contribution in [1.82, 2.24) is 15.0 Å². The molecule has 6 aromatic rings. The van der Waals surface area contributed by atoms with Gasteiger partial charge in [0.05, 0.1) is 6.42 Å². The minimum atomic E-state index is -0.801. The van der Waals surface area contributed by atoms with Gasteiger partial charge in [0, 0.05) is 58.3 Å². The van der Waals surface area contributed by atoms with Crippen LogP contribution < -0.4 is 0 Å². The maximum Gasteiger partial charge on any atom is 0.307 e. The van der Waals surface area contributed by atoms with Crippen LogP contribution in [0.25, 0.3) is 32.7 Å². The van der Waals surface area contributed by atoms with Crippen LogP contribution >= 0.6 is 0 Å². The number of aliphatic carboxylic acids is 3. The Kier molecular flexibility index (Phi) is 10.7. The first-order valence-electron chi connectivity index (χ1n) is 14.1. The zero-order valence-electron chi connectivity index (χ0n) is 23.7. The number of benzene rings is 3. The third-order valence-corrected chi connectivity index (χ3v) is 6.95. The normalized spacial score (nSPS) is 10.6. The van der Waals surface area contributed by atoms with E-state index in [4.69, 9.17) is 15.3 Å². The number of carbonyl (C=O) groups is 3. The standard InChI is InChI=1S/2C12H13NO2.C10H9NO2/c14-12(15)7-3-4-9-8-13-11-6-2-1-5-10(9)11;14-12(15)7-3-5-10-8-9-4-1-2-6-11(9)13-10;12-10(13)5-7-6-11-9-4-2-1-3-8(7)9/h1-2,5-6,8,13H,3-4,7H2,(H,14,15);1-2,4,6,8,13H,3,5,7H2,(H,14,15);1-4,6,11H,5H2,(H,12,13). The molecule has 0 aliphatic heterocycles. The summed E-state index contributed by atoms with van der Waals surface area (Å²) >= 11 is 0. The first-order chi connectivity index (χ1) is 20.8. The number of aryl methyl sites for hydroxylation is 2.